The molecule has 0 unspecified atom stereocenters. The number of nitrogens with zero attached hydrogens (tertiary/aromatic N) is 3. The third-order valence-electron chi connectivity index (χ3n) is 4.17. The normalized spacial score (nSPS) is 14.8. The number of hydrogen-bond donors (Lipinski definition) is 2. The number of H-pyrrole nitrogens is 1. The third-order valence-corrected chi connectivity index (χ3v) is 5.07. The lowest BCUT2D eigenvalue weighted by atomic mass is 10.1. The van der Waals surface area contributed by atoms with Crippen molar-refractivity contribution < 1.29 is 18.4 Å². The van der Waals surface area contributed by atoms with E-state index in [2.05, 4.69) is 9.97 Å². The van der Waals surface area contributed by atoms with E-state index in [1.165, 1.54) is 12.1 Å². The fourth-order valence-electron chi connectivity index (χ4n) is 2.88. The van der Waals surface area contributed by atoms with Crippen molar-refractivity contribution in [2.45, 2.75) is 24.7 Å². The van der Waals surface area contributed by atoms with Crippen LogP contribution in [-0.4, -0.2) is 46.1 Å². The van der Waals surface area contributed by atoms with E-state index < -0.39 is 26.1 Å². The summed E-state index contributed by atoms with van der Waals surface area (Å²) in [5, 5.41) is 20.6. The molecule has 0 bridgehead atoms. The molecule has 0 radical (unpaired) electrons. The van der Waals surface area contributed by atoms with Gasteiger partial charge in [-0.05, 0) is 6.42 Å². The number of phenolic OH excluding ortho intramolecular Hbond substituents is 1. The van der Waals surface area contributed by atoms with E-state index in [-0.39, 0.29) is 23.9 Å². The largest absolute Gasteiger partial charge is 0.502 e. The fourth-order valence-corrected chi connectivity index (χ4v) is 3.43. The summed E-state index contributed by atoms with van der Waals surface area (Å²) in [6.45, 7) is 0.873. The minimum absolute atomic E-state index is 0.198. The number of nitrogens with one attached hydrogen (secondary N) is 1. The van der Waals surface area contributed by atoms with Crippen LogP contribution in [0.3, 0.4) is 0 Å². The van der Waals surface area contributed by atoms with Crippen LogP contribution in [0.4, 0.5) is 5.69 Å². The second-order valence-corrected chi connectivity index (χ2v) is 8.00. The molecule has 138 valence electrons. The molecule has 1 aliphatic heterocycles. The van der Waals surface area contributed by atoms with Crippen LogP contribution in [0.15, 0.2) is 28.2 Å². The molecule has 2 N–H and O–H groups in total. The maximum absolute atomic E-state index is 12.1. The lowest BCUT2D eigenvalue weighted by molar-refractivity contribution is -0.385. The van der Waals surface area contributed by atoms with Crippen molar-refractivity contribution in [3.63, 3.8) is 0 Å². The van der Waals surface area contributed by atoms with Crippen LogP contribution in [-0.2, 0) is 29.3 Å². The second kappa shape index (κ2) is 6.50. The number of aromatic amines is 1. The predicted molar refractivity (Wildman–Crippen MR) is 90.5 cm³/mol. The van der Waals surface area contributed by atoms with Gasteiger partial charge in [0.05, 0.1) is 10.6 Å². The van der Waals surface area contributed by atoms with Crippen molar-refractivity contribution in [2.75, 3.05) is 12.8 Å². The first-order valence-electron chi connectivity index (χ1n) is 7.66. The van der Waals surface area contributed by atoms with E-state index >= 15 is 0 Å². The summed E-state index contributed by atoms with van der Waals surface area (Å²) in [6.07, 6.45) is 1.32. The molecule has 3 rings (SSSR count). The third kappa shape index (κ3) is 3.44. The number of hydrogen-bond acceptors (Lipinski definition) is 8. The zero-order valence-electron chi connectivity index (χ0n) is 13.8. The average Bonchev–Trinajstić information content (AvgIpc) is 2.55. The van der Waals surface area contributed by atoms with Crippen molar-refractivity contribution in [3.8, 4) is 5.75 Å². The summed E-state index contributed by atoms with van der Waals surface area (Å²) in [7, 11) is -3.66. The molecule has 0 spiro atoms. The lowest BCUT2D eigenvalue weighted by Crippen LogP contribution is -2.35. The number of aromatic nitrogens is 2. The monoisotopic (exact) mass is 380 g/mol. The van der Waals surface area contributed by atoms with E-state index in [0.717, 1.165) is 6.26 Å². The number of aromatic hydroxyl groups is 1. The molecule has 1 aromatic carbocycles. The molecule has 2 aromatic rings. The molecule has 1 aromatic heterocycles. The molecule has 26 heavy (non-hydrogen) atoms. The summed E-state index contributed by atoms with van der Waals surface area (Å²) >= 11 is 0. The van der Waals surface area contributed by atoms with Crippen LogP contribution in [0.1, 0.15) is 16.8 Å². The molecular weight excluding hydrogens is 364 g/mol. The molecule has 0 amide bonds. The maximum Gasteiger partial charge on any atom is 0.311 e. The van der Waals surface area contributed by atoms with Crippen molar-refractivity contribution in [1.29, 1.82) is 0 Å². The number of nitro groups is 1. The summed E-state index contributed by atoms with van der Waals surface area (Å²) in [6, 6.07) is 4.27. The first-order chi connectivity index (χ1) is 12.2. The van der Waals surface area contributed by atoms with Gasteiger partial charge >= 0.3 is 5.69 Å². The molecule has 0 atom stereocenters. The van der Waals surface area contributed by atoms with Gasteiger partial charge in [0, 0.05) is 43.1 Å². The number of fused-ring (bicyclic) bond motifs is 1. The second-order valence-electron chi connectivity index (χ2n) is 6.07. The quantitative estimate of drug-likeness (QED) is 0.439. The summed E-state index contributed by atoms with van der Waals surface area (Å²) in [5.41, 5.74) is 0.292. The number of para-hydroxylation sites is 1. The number of phenols is 1. The summed E-state index contributed by atoms with van der Waals surface area (Å²) < 4.78 is 23.3. The van der Waals surface area contributed by atoms with E-state index in [0.29, 0.717) is 29.8 Å². The molecule has 11 heteroatoms. The van der Waals surface area contributed by atoms with Crippen molar-refractivity contribution in [1.82, 2.24) is 14.9 Å². The van der Waals surface area contributed by atoms with E-state index in [9.17, 15) is 28.4 Å². The highest BCUT2D eigenvalue weighted by Gasteiger charge is 2.25. The Morgan fingerprint density at radius 2 is 2.15 bits per heavy atom. The molecule has 1 aliphatic rings. The zero-order valence-corrected chi connectivity index (χ0v) is 14.6. The Balaban J connectivity index is 1.90. The molecule has 2 heterocycles. The maximum atomic E-state index is 12.1. The highest BCUT2D eigenvalue weighted by Crippen LogP contribution is 2.31. The highest BCUT2D eigenvalue weighted by atomic mass is 32.2. The van der Waals surface area contributed by atoms with Crippen molar-refractivity contribution in [2.24, 2.45) is 0 Å². The van der Waals surface area contributed by atoms with Gasteiger partial charge in [-0.15, -0.1) is 0 Å². The van der Waals surface area contributed by atoms with Gasteiger partial charge < -0.3 is 5.11 Å². The Kier molecular flexibility index (Phi) is 4.50. The molecular formula is C15H16N4O6S. The lowest BCUT2D eigenvalue weighted by Gasteiger charge is -2.27. The molecule has 0 saturated carbocycles. The van der Waals surface area contributed by atoms with Gasteiger partial charge in [-0.3, -0.25) is 24.8 Å². The van der Waals surface area contributed by atoms with E-state index in [1.807, 2.05) is 4.90 Å². The predicted octanol–water partition coefficient (Wildman–Crippen LogP) is 0.345. The summed E-state index contributed by atoms with van der Waals surface area (Å²) in [4.78, 5) is 30.5. The Morgan fingerprint density at radius 1 is 1.42 bits per heavy atom. The van der Waals surface area contributed by atoms with Gasteiger partial charge in [0.1, 0.15) is 0 Å². The van der Waals surface area contributed by atoms with Crippen LogP contribution < -0.4 is 5.56 Å². The van der Waals surface area contributed by atoms with Crippen LogP contribution in [0.2, 0.25) is 0 Å². The van der Waals surface area contributed by atoms with Crippen LogP contribution >= 0.6 is 0 Å². The smallest absolute Gasteiger partial charge is 0.311 e. The Hall–Kier alpha value is -2.79. The molecule has 0 aliphatic carbocycles. The minimum Gasteiger partial charge on any atom is -0.502 e. The molecule has 0 saturated heterocycles. The Labute approximate surface area is 148 Å². The number of sulfone groups is 1. The van der Waals surface area contributed by atoms with E-state index in [1.54, 1.807) is 6.07 Å². The fraction of sp³-hybridized carbons (Fsp3) is 0.333. The van der Waals surface area contributed by atoms with Crippen molar-refractivity contribution >= 4 is 15.5 Å². The van der Waals surface area contributed by atoms with Gasteiger partial charge in [-0.1, -0.05) is 12.1 Å². The SMILES string of the molecule is CS(=O)(=O)c1nc2c(c(=O)[nH]1)CCN(Cc1cccc([N+](=O)[O-])c1O)C2. The molecule has 10 nitrogen and oxygen atoms in total. The van der Waals surface area contributed by atoms with Crippen LogP contribution in [0, 0.1) is 10.1 Å². The standard InChI is InChI=1S/C15H16N4O6S/c1-26(24,25)15-16-11-8-18(6-5-10(11)14(21)17-15)7-9-3-2-4-12(13(9)20)19(22)23/h2-4,20H,5-8H2,1H3,(H,16,17,21). The van der Waals surface area contributed by atoms with Gasteiger partial charge in [0.25, 0.3) is 5.56 Å². The molecule has 0 fully saturated rings. The number of benzene rings is 1. The summed E-state index contributed by atoms with van der Waals surface area (Å²) in [5.74, 6) is -0.404. The Morgan fingerprint density at radius 3 is 2.81 bits per heavy atom. The first kappa shape index (κ1) is 18.0. The average molecular weight is 380 g/mol. The van der Waals surface area contributed by atoms with Gasteiger partial charge in [-0.25, -0.2) is 13.4 Å². The van der Waals surface area contributed by atoms with Gasteiger partial charge in [0.2, 0.25) is 15.0 Å². The first-order valence-corrected chi connectivity index (χ1v) is 9.55. The van der Waals surface area contributed by atoms with Gasteiger partial charge in [0.15, 0.2) is 5.75 Å². The van der Waals surface area contributed by atoms with Gasteiger partial charge in [-0.2, -0.15) is 0 Å². The van der Waals surface area contributed by atoms with Crippen LogP contribution in [0.25, 0.3) is 0 Å². The Bertz CT molecular complexity index is 1050. The zero-order chi connectivity index (χ0) is 19.1. The minimum atomic E-state index is -3.66. The number of nitro benzene ring substituents is 1. The van der Waals surface area contributed by atoms with Crippen LogP contribution in [0.5, 0.6) is 5.75 Å². The topological polar surface area (TPSA) is 146 Å². The number of rotatable bonds is 4. The van der Waals surface area contributed by atoms with E-state index in [4.69, 9.17) is 0 Å². The van der Waals surface area contributed by atoms with Crippen molar-refractivity contribution in [3.05, 3.63) is 55.5 Å². The highest BCUT2D eigenvalue weighted by molar-refractivity contribution is 7.90.